The third-order valence-electron chi connectivity index (χ3n) is 3.19. The van der Waals surface area contributed by atoms with Crippen LogP contribution in [0.3, 0.4) is 0 Å². The molecular formula is C15H16ClN3O2. The molecule has 0 aliphatic carbocycles. The van der Waals surface area contributed by atoms with Crippen LogP contribution in [0.5, 0.6) is 0 Å². The highest BCUT2D eigenvalue weighted by Crippen LogP contribution is 2.23. The van der Waals surface area contributed by atoms with Crippen LogP contribution in [-0.2, 0) is 0 Å². The average molecular weight is 306 g/mol. The molecule has 2 aromatic rings. The highest BCUT2D eigenvalue weighted by atomic mass is 35.5. The van der Waals surface area contributed by atoms with E-state index in [0.29, 0.717) is 10.7 Å². The molecule has 0 aliphatic rings. The first-order valence-corrected chi connectivity index (χ1v) is 6.76. The molecule has 0 bridgehead atoms. The van der Waals surface area contributed by atoms with Crippen LogP contribution in [-0.4, -0.2) is 21.8 Å². The van der Waals surface area contributed by atoms with E-state index in [1.54, 1.807) is 0 Å². The molecule has 0 saturated carbocycles. The van der Waals surface area contributed by atoms with Gasteiger partial charge in [-0.3, -0.25) is 5.43 Å². The Morgan fingerprint density at radius 2 is 2.10 bits per heavy atom. The number of carboxylic acids is 1. The van der Waals surface area contributed by atoms with Crippen LogP contribution < -0.4 is 5.43 Å². The Labute approximate surface area is 127 Å². The molecule has 0 aliphatic heterocycles. The van der Waals surface area contributed by atoms with Crippen molar-refractivity contribution in [2.45, 2.75) is 20.8 Å². The second kappa shape index (κ2) is 6.01. The van der Waals surface area contributed by atoms with Gasteiger partial charge in [0.25, 0.3) is 0 Å². The van der Waals surface area contributed by atoms with E-state index in [9.17, 15) is 4.79 Å². The molecule has 0 amide bonds. The summed E-state index contributed by atoms with van der Waals surface area (Å²) in [6, 6.07) is 4.44. The topological polar surface area (TPSA) is 77.5 Å². The van der Waals surface area contributed by atoms with Crippen LogP contribution in [0.1, 0.15) is 34.1 Å². The lowest BCUT2D eigenvalue weighted by Crippen LogP contribution is -2.03. The first-order valence-electron chi connectivity index (χ1n) is 6.38. The van der Waals surface area contributed by atoms with Gasteiger partial charge in [0, 0.05) is 17.5 Å². The smallest absolute Gasteiger partial charge is 0.335 e. The van der Waals surface area contributed by atoms with Gasteiger partial charge in [0.1, 0.15) is 0 Å². The van der Waals surface area contributed by atoms with E-state index in [4.69, 9.17) is 16.7 Å². The Morgan fingerprint density at radius 3 is 2.67 bits per heavy atom. The van der Waals surface area contributed by atoms with Crippen LogP contribution >= 0.6 is 11.6 Å². The number of nitrogens with zero attached hydrogens (tertiary/aromatic N) is 1. The molecule has 0 spiro atoms. The zero-order chi connectivity index (χ0) is 15.6. The molecule has 2 rings (SSSR count). The van der Waals surface area contributed by atoms with Crippen molar-refractivity contribution in [1.29, 1.82) is 0 Å². The zero-order valence-electron chi connectivity index (χ0n) is 12.0. The molecule has 0 fully saturated rings. The standard InChI is InChI=1S/C15H16ClN3O2/c1-8-7-17-9(2)14(8)10(3)18-19-13-6-11(15(20)21)4-5-12(13)16/h4-7,17,19H,1-3H3,(H,20,21)/b18-10+. The number of aromatic carboxylic acids is 1. The summed E-state index contributed by atoms with van der Waals surface area (Å²) in [6.45, 7) is 5.85. The van der Waals surface area contributed by atoms with E-state index >= 15 is 0 Å². The Bertz CT molecular complexity index is 700. The first kappa shape index (κ1) is 15.1. The van der Waals surface area contributed by atoms with Gasteiger partial charge < -0.3 is 10.1 Å². The van der Waals surface area contributed by atoms with Crippen molar-refractivity contribution in [1.82, 2.24) is 4.98 Å². The minimum atomic E-state index is -1.01. The molecule has 0 saturated heterocycles. The summed E-state index contributed by atoms with van der Waals surface area (Å²) in [6.07, 6.45) is 1.92. The molecule has 1 heterocycles. The molecule has 1 aromatic heterocycles. The number of rotatable bonds is 4. The number of hydrogen-bond acceptors (Lipinski definition) is 3. The second-order valence-electron chi connectivity index (χ2n) is 4.78. The van der Waals surface area contributed by atoms with E-state index in [-0.39, 0.29) is 5.56 Å². The number of hydrogen-bond donors (Lipinski definition) is 3. The van der Waals surface area contributed by atoms with Gasteiger partial charge in [0.2, 0.25) is 0 Å². The van der Waals surface area contributed by atoms with Gasteiger partial charge in [-0.05, 0) is 44.5 Å². The van der Waals surface area contributed by atoms with E-state index in [2.05, 4.69) is 15.5 Å². The quantitative estimate of drug-likeness (QED) is 0.593. The molecule has 0 atom stereocenters. The van der Waals surface area contributed by atoms with Crippen molar-refractivity contribution in [2.24, 2.45) is 5.10 Å². The minimum Gasteiger partial charge on any atom is -0.478 e. The summed E-state index contributed by atoms with van der Waals surface area (Å²) in [5.74, 6) is -1.01. The number of halogens is 1. The number of aromatic nitrogens is 1. The Kier molecular flexibility index (Phi) is 4.33. The van der Waals surface area contributed by atoms with E-state index in [1.807, 2.05) is 27.0 Å². The number of benzene rings is 1. The Balaban J connectivity index is 2.28. The summed E-state index contributed by atoms with van der Waals surface area (Å²) in [4.78, 5) is 14.1. The maximum Gasteiger partial charge on any atom is 0.335 e. The van der Waals surface area contributed by atoms with Crippen LogP contribution in [0.25, 0.3) is 0 Å². The minimum absolute atomic E-state index is 0.156. The largest absolute Gasteiger partial charge is 0.478 e. The molecule has 0 radical (unpaired) electrons. The van der Waals surface area contributed by atoms with Gasteiger partial charge in [0.05, 0.1) is 22.0 Å². The highest BCUT2D eigenvalue weighted by molar-refractivity contribution is 6.33. The third-order valence-corrected chi connectivity index (χ3v) is 3.52. The fraction of sp³-hybridized carbons (Fsp3) is 0.200. The predicted octanol–water partition coefficient (Wildman–Crippen LogP) is 3.82. The summed E-state index contributed by atoms with van der Waals surface area (Å²) in [5.41, 5.74) is 7.40. The van der Waals surface area contributed by atoms with Crippen molar-refractivity contribution in [2.75, 3.05) is 5.43 Å². The van der Waals surface area contributed by atoms with Crippen LogP contribution in [0.4, 0.5) is 5.69 Å². The maximum absolute atomic E-state index is 11.0. The Hall–Kier alpha value is -2.27. The summed E-state index contributed by atoms with van der Waals surface area (Å²) < 4.78 is 0. The summed E-state index contributed by atoms with van der Waals surface area (Å²) in [5, 5.41) is 13.7. The fourth-order valence-electron chi connectivity index (χ4n) is 2.16. The molecule has 6 heteroatoms. The highest BCUT2D eigenvalue weighted by Gasteiger charge is 2.09. The van der Waals surface area contributed by atoms with Crippen LogP contribution in [0.15, 0.2) is 29.5 Å². The average Bonchev–Trinajstić information content (AvgIpc) is 2.76. The monoisotopic (exact) mass is 305 g/mol. The van der Waals surface area contributed by atoms with Gasteiger partial charge in [-0.15, -0.1) is 0 Å². The number of carboxylic acid groups (broad SMARTS) is 1. The van der Waals surface area contributed by atoms with Crippen LogP contribution in [0.2, 0.25) is 5.02 Å². The molecular weight excluding hydrogens is 290 g/mol. The number of aryl methyl sites for hydroxylation is 2. The predicted molar refractivity (Wildman–Crippen MR) is 84.5 cm³/mol. The van der Waals surface area contributed by atoms with Crippen molar-refractivity contribution < 1.29 is 9.90 Å². The lowest BCUT2D eigenvalue weighted by Gasteiger charge is -2.07. The van der Waals surface area contributed by atoms with Crippen molar-refractivity contribution in [3.63, 3.8) is 0 Å². The Morgan fingerprint density at radius 1 is 1.38 bits per heavy atom. The van der Waals surface area contributed by atoms with Gasteiger partial charge in [-0.25, -0.2) is 4.79 Å². The lowest BCUT2D eigenvalue weighted by atomic mass is 10.1. The normalized spacial score (nSPS) is 11.5. The first-order chi connectivity index (χ1) is 9.90. The number of aromatic amines is 1. The molecule has 5 nitrogen and oxygen atoms in total. The SMILES string of the molecule is C/C(=N\Nc1cc(C(=O)O)ccc1Cl)c1c(C)c[nH]c1C. The lowest BCUT2D eigenvalue weighted by molar-refractivity contribution is 0.0697. The molecule has 1 aromatic carbocycles. The summed E-state index contributed by atoms with van der Waals surface area (Å²) in [7, 11) is 0. The van der Waals surface area contributed by atoms with Gasteiger partial charge in [0.15, 0.2) is 0 Å². The van der Waals surface area contributed by atoms with Crippen molar-refractivity contribution in [3.05, 3.63) is 51.8 Å². The third kappa shape index (κ3) is 3.25. The van der Waals surface area contributed by atoms with E-state index in [0.717, 1.165) is 22.5 Å². The number of nitrogens with one attached hydrogen (secondary N) is 2. The number of H-pyrrole nitrogens is 1. The number of carbonyl (C=O) groups is 1. The molecule has 110 valence electrons. The van der Waals surface area contributed by atoms with Gasteiger partial charge in [-0.1, -0.05) is 11.6 Å². The zero-order valence-corrected chi connectivity index (χ0v) is 12.7. The summed E-state index contributed by atoms with van der Waals surface area (Å²) >= 11 is 6.04. The van der Waals surface area contributed by atoms with E-state index < -0.39 is 5.97 Å². The molecule has 0 unspecified atom stereocenters. The molecule has 3 N–H and O–H groups in total. The van der Waals surface area contributed by atoms with Crippen molar-refractivity contribution in [3.8, 4) is 0 Å². The fourth-order valence-corrected chi connectivity index (χ4v) is 2.32. The van der Waals surface area contributed by atoms with Gasteiger partial charge in [-0.2, -0.15) is 5.10 Å². The van der Waals surface area contributed by atoms with Gasteiger partial charge >= 0.3 is 5.97 Å². The van der Waals surface area contributed by atoms with E-state index in [1.165, 1.54) is 18.2 Å². The van der Waals surface area contributed by atoms with Crippen molar-refractivity contribution >= 4 is 29.0 Å². The second-order valence-corrected chi connectivity index (χ2v) is 5.19. The maximum atomic E-state index is 11.0. The number of hydrazone groups is 1. The van der Waals surface area contributed by atoms with Crippen LogP contribution in [0, 0.1) is 13.8 Å². The molecule has 21 heavy (non-hydrogen) atoms. The number of anilines is 1.